The van der Waals surface area contributed by atoms with Gasteiger partial charge in [0.1, 0.15) is 0 Å². The molecule has 8 nitrogen and oxygen atoms in total. The van der Waals surface area contributed by atoms with Crippen LogP contribution < -0.4 is 5.32 Å². The molecule has 1 saturated heterocycles. The first-order chi connectivity index (χ1) is 12.2. The first-order valence-electron chi connectivity index (χ1n) is 8.23. The van der Waals surface area contributed by atoms with E-state index >= 15 is 0 Å². The van der Waals surface area contributed by atoms with Crippen molar-refractivity contribution in [1.82, 2.24) is 29.2 Å². The molecule has 1 fully saturated rings. The van der Waals surface area contributed by atoms with Crippen LogP contribution in [0.4, 0.5) is 10.5 Å². The van der Waals surface area contributed by atoms with E-state index in [0.29, 0.717) is 11.6 Å². The van der Waals surface area contributed by atoms with Crippen LogP contribution in [0.1, 0.15) is 24.6 Å². The number of rotatable bonds is 3. The lowest BCUT2D eigenvalue weighted by atomic mass is 10.1. The highest BCUT2D eigenvalue weighted by molar-refractivity contribution is 5.89. The van der Waals surface area contributed by atoms with Crippen molar-refractivity contribution in [2.24, 2.45) is 7.05 Å². The predicted molar refractivity (Wildman–Crippen MR) is 92.3 cm³/mol. The maximum Gasteiger partial charge on any atom is 0.322 e. The maximum atomic E-state index is 12.7. The van der Waals surface area contributed by atoms with Crippen LogP contribution in [0.25, 0.3) is 5.95 Å². The summed E-state index contributed by atoms with van der Waals surface area (Å²) in [6.45, 7) is 0.748. The van der Waals surface area contributed by atoms with Crippen LogP contribution in [0.3, 0.4) is 0 Å². The highest BCUT2D eigenvalue weighted by atomic mass is 16.2. The fraction of sp³-hybridized carbons (Fsp3) is 0.294. The molecule has 0 spiro atoms. The van der Waals surface area contributed by atoms with Crippen LogP contribution in [0.15, 0.2) is 49.2 Å². The fourth-order valence-electron chi connectivity index (χ4n) is 3.24. The van der Waals surface area contributed by atoms with Crippen molar-refractivity contribution in [2.45, 2.75) is 18.9 Å². The molecule has 1 atom stereocenters. The van der Waals surface area contributed by atoms with Crippen LogP contribution >= 0.6 is 0 Å². The van der Waals surface area contributed by atoms with Gasteiger partial charge in [-0.3, -0.25) is 0 Å². The lowest BCUT2D eigenvalue weighted by molar-refractivity contribution is 0.205. The lowest BCUT2D eigenvalue weighted by Gasteiger charge is -2.25. The maximum absolute atomic E-state index is 12.7. The summed E-state index contributed by atoms with van der Waals surface area (Å²) in [7, 11) is 2.01. The first-order valence-corrected chi connectivity index (χ1v) is 8.23. The molecule has 1 aliphatic heterocycles. The number of carbonyl (C=O) groups is 1. The average Bonchev–Trinajstić information content (AvgIpc) is 3.35. The molecule has 0 bridgehead atoms. The van der Waals surface area contributed by atoms with Crippen molar-refractivity contribution in [3.8, 4) is 5.95 Å². The molecule has 128 valence electrons. The number of nitrogens with zero attached hydrogens (tertiary/aromatic N) is 6. The minimum atomic E-state index is -0.114. The van der Waals surface area contributed by atoms with Gasteiger partial charge in [0.2, 0.25) is 5.95 Å². The molecule has 4 rings (SSSR count). The largest absolute Gasteiger partial charge is 0.353 e. The summed E-state index contributed by atoms with van der Waals surface area (Å²) in [5.41, 5.74) is 1.77. The van der Waals surface area contributed by atoms with Crippen LogP contribution in [0, 0.1) is 0 Å². The summed E-state index contributed by atoms with van der Waals surface area (Å²) >= 11 is 0. The lowest BCUT2D eigenvalue weighted by Crippen LogP contribution is -2.35. The van der Waals surface area contributed by atoms with E-state index in [1.165, 1.54) is 4.68 Å². The molecule has 1 aliphatic rings. The minimum absolute atomic E-state index is 0.104. The quantitative estimate of drug-likeness (QED) is 0.795. The topological polar surface area (TPSA) is 80.9 Å². The summed E-state index contributed by atoms with van der Waals surface area (Å²) in [6.07, 6.45) is 10.6. The Morgan fingerprint density at radius 1 is 1.28 bits per heavy atom. The average molecular weight is 337 g/mol. The molecule has 3 aromatic rings. The molecule has 1 N–H and O–H groups in total. The molecule has 2 amide bonds. The summed E-state index contributed by atoms with van der Waals surface area (Å²) in [5.74, 6) is 0.464. The summed E-state index contributed by atoms with van der Waals surface area (Å²) in [6, 6.07) is 5.81. The van der Waals surface area contributed by atoms with E-state index in [4.69, 9.17) is 0 Å². The molecular weight excluding hydrogens is 318 g/mol. The van der Waals surface area contributed by atoms with Gasteiger partial charge in [-0.15, -0.1) is 0 Å². The first kappa shape index (κ1) is 15.4. The highest BCUT2D eigenvalue weighted by Gasteiger charge is 2.31. The third-order valence-corrected chi connectivity index (χ3v) is 4.43. The zero-order chi connectivity index (χ0) is 17.2. The van der Waals surface area contributed by atoms with Crippen LogP contribution in [0.5, 0.6) is 0 Å². The zero-order valence-electron chi connectivity index (χ0n) is 13.9. The standard InChI is InChI=1S/C17H19N7O/c1-22-9-2-5-14(22)15-6-3-10-23(15)17(25)21-13-11-20-24(12-13)16-18-7-4-8-19-16/h2,4-5,7-9,11-12,15H,3,6,10H2,1H3,(H,21,25)/t15-/m0/s1. The smallest absolute Gasteiger partial charge is 0.322 e. The predicted octanol–water partition coefficient (Wildman–Crippen LogP) is 2.37. The Bertz CT molecular complexity index is 870. The van der Waals surface area contributed by atoms with Crippen LogP contribution in [-0.2, 0) is 7.05 Å². The Morgan fingerprint density at radius 2 is 2.12 bits per heavy atom. The number of likely N-dealkylation sites (tertiary alicyclic amines) is 1. The van der Waals surface area contributed by atoms with Gasteiger partial charge in [-0.1, -0.05) is 0 Å². The number of aryl methyl sites for hydroxylation is 1. The van der Waals surface area contributed by atoms with Crippen LogP contribution in [0.2, 0.25) is 0 Å². The number of carbonyl (C=O) groups excluding carboxylic acids is 1. The Balaban J connectivity index is 1.49. The summed E-state index contributed by atoms with van der Waals surface area (Å²) in [4.78, 5) is 22.9. The molecule has 25 heavy (non-hydrogen) atoms. The minimum Gasteiger partial charge on any atom is -0.353 e. The number of aromatic nitrogens is 5. The number of hydrogen-bond acceptors (Lipinski definition) is 4. The number of hydrogen-bond donors (Lipinski definition) is 1. The fourth-order valence-corrected chi connectivity index (χ4v) is 3.24. The van der Waals surface area contributed by atoms with Crippen molar-refractivity contribution in [3.05, 3.63) is 54.9 Å². The van der Waals surface area contributed by atoms with Gasteiger partial charge in [-0.25, -0.2) is 19.4 Å². The number of urea groups is 1. The van der Waals surface area contributed by atoms with Gasteiger partial charge in [0, 0.05) is 37.9 Å². The van der Waals surface area contributed by atoms with Gasteiger partial charge in [-0.2, -0.15) is 5.10 Å². The Morgan fingerprint density at radius 3 is 2.88 bits per heavy atom. The number of anilines is 1. The van der Waals surface area contributed by atoms with E-state index in [1.54, 1.807) is 30.9 Å². The van der Waals surface area contributed by atoms with Crippen molar-refractivity contribution in [3.63, 3.8) is 0 Å². The Kier molecular flexibility index (Phi) is 3.93. The van der Waals surface area contributed by atoms with E-state index in [-0.39, 0.29) is 12.1 Å². The Labute approximate surface area is 145 Å². The number of nitrogens with one attached hydrogen (secondary N) is 1. The second-order valence-corrected chi connectivity index (χ2v) is 6.05. The summed E-state index contributed by atoms with van der Waals surface area (Å²) < 4.78 is 3.61. The third kappa shape index (κ3) is 2.98. The van der Waals surface area contributed by atoms with Crippen molar-refractivity contribution >= 4 is 11.7 Å². The van der Waals surface area contributed by atoms with Gasteiger partial charge in [0.25, 0.3) is 0 Å². The van der Waals surface area contributed by atoms with Gasteiger partial charge < -0.3 is 14.8 Å². The third-order valence-electron chi connectivity index (χ3n) is 4.43. The van der Waals surface area contributed by atoms with Gasteiger partial charge >= 0.3 is 6.03 Å². The SMILES string of the molecule is Cn1cccc1[C@@H]1CCCN1C(=O)Nc1cnn(-c2ncccn2)c1. The second-order valence-electron chi connectivity index (χ2n) is 6.05. The van der Waals surface area contributed by atoms with Crippen molar-refractivity contribution in [1.29, 1.82) is 0 Å². The monoisotopic (exact) mass is 337 g/mol. The van der Waals surface area contributed by atoms with E-state index in [2.05, 4.69) is 31.0 Å². The second kappa shape index (κ2) is 6.39. The molecular formula is C17H19N7O. The molecule has 3 aromatic heterocycles. The van der Waals surface area contributed by atoms with Gasteiger partial charge in [0.05, 0.1) is 24.1 Å². The highest BCUT2D eigenvalue weighted by Crippen LogP contribution is 2.32. The number of amides is 2. The normalized spacial score (nSPS) is 17.0. The van der Waals surface area contributed by atoms with E-state index in [0.717, 1.165) is 25.1 Å². The molecule has 4 heterocycles. The van der Waals surface area contributed by atoms with Gasteiger partial charge in [-0.05, 0) is 31.0 Å². The van der Waals surface area contributed by atoms with Crippen molar-refractivity contribution < 1.29 is 4.79 Å². The van der Waals surface area contributed by atoms with E-state index < -0.39 is 0 Å². The van der Waals surface area contributed by atoms with Crippen LogP contribution in [-0.4, -0.2) is 41.8 Å². The van der Waals surface area contributed by atoms with E-state index in [1.807, 2.05) is 24.2 Å². The van der Waals surface area contributed by atoms with Gasteiger partial charge in [0.15, 0.2) is 0 Å². The zero-order valence-corrected chi connectivity index (χ0v) is 13.9. The Hall–Kier alpha value is -3.16. The van der Waals surface area contributed by atoms with Crippen molar-refractivity contribution in [2.75, 3.05) is 11.9 Å². The van der Waals surface area contributed by atoms with E-state index in [9.17, 15) is 4.79 Å². The summed E-state index contributed by atoms with van der Waals surface area (Å²) in [5, 5.41) is 7.13. The molecule has 8 heteroatoms. The molecule has 0 aliphatic carbocycles. The molecule has 0 saturated carbocycles. The molecule has 0 aromatic carbocycles. The molecule has 0 unspecified atom stereocenters. The molecule has 0 radical (unpaired) electrons.